The van der Waals surface area contributed by atoms with Gasteiger partial charge < -0.3 is 20.1 Å². The number of ether oxygens (including phenoxy) is 2. The number of rotatable bonds is 4. The number of aromatic nitrogens is 1. The molecule has 0 spiro atoms. The number of carbonyl (C=O) groups excluding carboxylic acids is 1. The van der Waals surface area contributed by atoms with Crippen LogP contribution in [0.4, 0.5) is 17.1 Å². The highest BCUT2D eigenvalue weighted by Gasteiger charge is 2.15. The summed E-state index contributed by atoms with van der Waals surface area (Å²) in [6.45, 7) is 4.15. The maximum atomic E-state index is 12.6. The fourth-order valence-corrected chi connectivity index (χ4v) is 3.40. The van der Waals surface area contributed by atoms with Gasteiger partial charge in [-0.3, -0.25) is 9.78 Å². The molecule has 1 amide bonds. The van der Waals surface area contributed by atoms with Gasteiger partial charge in [-0.25, -0.2) is 0 Å². The van der Waals surface area contributed by atoms with Crippen LogP contribution < -0.4 is 20.1 Å². The molecule has 1 aliphatic rings. The van der Waals surface area contributed by atoms with Gasteiger partial charge in [-0.1, -0.05) is 17.7 Å². The molecule has 0 fully saturated rings. The molecule has 1 aromatic heterocycles. The second-order valence-corrected chi connectivity index (χ2v) is 6.96. The number of nitrogens with one attached hydrogen (secondary N) is 2. The van der Waals surface area contributed by atoms with Gasteiger partial charge in [0.25, 0.3) is 5.91 Å². The van der Waals surface area contributed by atoms with Crippen molar-refractivity contribution in [3.63, 3.8) is 0 Å². The van der Waals surface area contributed by atoms with E-state index < -0.39 is 0 Å². The topological polar surface area (TPSA) is 72.5 Å². The molecule has 3 aromatic rings. The van der Waals surface area contributed by atoms with E-state index in [4.69, 9.17) is 21.1 Å². The van der Waals surface area contributed by atoms with E-state index in [1.54, 1.807) is 30.5 Å². The van der Waals surface area contributed by atoms with Crippen LogP contribution in [0.3, 0.4) is 0 Å². The van der Waals surface area contributed by atoms with Gasteiger partial charge in [0.15, 0.2) is 11.5 Å². The van der Waals surface area contributed by atoms with Gasteiger partial charge in [0.2, 0.25) is 6.79 Å². The second-order valence-electron chi connectivity index (χ2n) is 6.55. The van der Waals surface area contributed by atoms with Crippen LogP contribution in [0.25, 0.3) is 0 Å². The van der Waals surface area contributed by atoms with Crippen molar-refractivity contribution >= 4 is 34.6 Å². The highest BCUT2D eigenvalue weighted by molar-refractivity contribution is 6.33. The van der Waals surface area contributed by atoms with Crippen molar-refractivity contribution in [2.45, 2.75) is 13.8 Å². The average Bonchev–Trinajstić information content (AvgIpc) is 3.12. The lowest BCUT2D eigenvalue weighted by atomic mass is 10.1. The molecule has 7 heteroatoms. The number of hydrogen-bond donors (Lipinski definition) is 2. The number of pyridine rings is 1. The summed E-state index contributed by atoms with van der Waals surface area (Å²) < 4.78 is 10.6. The van der Waals surface area contributed by atoms with Crippen molar-refractivity contribution in [1.29, 1.82) is 0 Å². The molecule has 0 unspecified atom stereocenters. The van der Waals surface area contributed by atoms with Crippen LogP contribution in [0.15, 0.2) is 48.8 Å². The van der Waals surface area contributed by atoms with Crippen LogP contribution >= 0.6 is 11.6 Å². The number of hydrogen-bond acceptors (Lipinski definition) is 5. The third kappa shape index (κ3) is 3.73. The van der Waals surface area contributed by atoms with Gasteiger partial charge in [-0.2, -0.15) is 0 Å². The minimum Gasteiger partial charge on any atom is -0.454 e. The van der Waals surface area contributed by atoms with Gasteiger partial charge in [0, 0.05) is 18.0 Å². The van der Waals surface area contributed by atoms with E-state index in [-0.39, 0.29) is 12.7 Å². The maximum Gasteiger partial charge on any atom is 0.257 e. The first-order chi connectivity index (χ1) is 13.5. The first-order valence-corrected chi connectivity index (χ1v) is 9.07. The predicted octanol–water partition coefficient (Wildman–Crippen LogP) is 5.08. The van der Waals surface area contributed by atoms with Gasteiger partial charge in [-0.15, -0.1) is 0 Å². The van der Waals surface area contributed by atoms with Gasteiger partial charge in [0.05, 0.1) is 28.2 Å². The molecule has 2 heterocycles. The van der Waals surface area contributed by atoms with Crippen LogP contribution in [0.5, 0.6) is 11.5 Å². The Morgan fingerprint density at radius 3 is 2.68 bits per heavy atom. The number of amides is 1. The van der Waals surface area contributed by atoms with E-state index in [1.807, 2.05) is 26.0 Å². The molecule has 0 bridgehead atoms. The molecule has 0 radical (unpaired) electrons. The molecule has 0 atom stereocenters. The van der Waals surface area contributed by atoms with Crippen LogP contribution in [0, 0.1) is 13.8 Å². The largest absolute Gasteiger partial charge is 0.454 e. The van der Waals surface area contributed by atoms with E-state index in [1.165, 1.54) is 6.20 Å². The normalized spacial score (nSPS) is 12.0. The van der Waals surface area contributed by atoms with Crippen molar-refractivity contribution in [2.75, 3.05) is 17.4 Å². The summed E-state index contributed by atoms with van der Waals surface area (Å²) >= 11 is 6.36. The fraction of sp³-hybridized carbons (Fsp3) is 0.143. The first-order valence-electron chi connectivity index (χ1n) is 8.69. The predicted molar refractivity (Wildman–Crippen MR) is 109 cm³/mol. The van der Waals surface area contributed by atoms with E-state index in [2.05, 4.69) is 15.6 Å². The molecular formula is C21H18ClN3O3. The Kier molecular flexibility index (Phi) is 4.79. The van der Waals surface area contributed by atoms with E-state index >= 15 is 0 Å². The summed E-state index contributed by atoms with van der Waals surface area (Å²) in [5, 5.41) is 6.71. The van der Waals surface area contributed by atoms with Crippen molar-refractivity contribution < 1.29 is 14.3 Å². The molecule has 6 nitrogen and oxygen atoms in total. The third-order valence-electron chi connectivity index (χ3n) is 4.33. The highest BCUT2D eigenvalue weighted by Crippen LogP contribution is 2.34. The Labute approximate surface area is 167 Å². The number of anilines is 3. The van der Waals surface area contributed by atoms with Crippen LogP contribution in [0.1, 0.15) is 21.5 Å². The van der Waals surface area contributed by atoms with Gasteiger partial charge in [0.1, 0.15) is 0 Å². The maximum absolute atomic E-state index is 12.6. The Bertz CT molecular complexity index is 1050. The molecule has 2 aromatic carbocycles. The van der Waals surface area contributed by atoms with Crippen molar-refractivity contribution in [3.8, 4) is 11.5 Å². The van der Waals surface area contributed by atoms with Crippen LogP contribution in [-0.4, -0.2) is 17.7 Å². The zero-order chi connectivity index (χ0) is 19.7. The monoisotopic (exact) mass is 395 g/mol. The molecule has 4 rings (SSSR count). The van der Waals surface area contributed by atoms with Crippen molar-refractivity contribution in [2.24, 2.45) is 0 Å². The molecular weight excluding hydrogens is 378 g/mol. The summed E-state index contributed by atoms with van der Waals surface area (Å²) in [6.07, 6.45) is 3.16. The van der Waals surface area contributed by atoms with E-state index in [0.29, 0.717) is 33.5 Å². The van der Waals surface area contributed by atoms with E-state index in [9.17, 15) is 4.79 Å². The Morgan fingerprint density at radius 2 is 1.86 bits per heavy atom. The molecule has 28 heavy (non-hydrogen) atoms. The highest BCUT2D eigenvalue weighted by atomic mass is 35.5. The smallest absolute Gasteiger partial charge is 0.257 e. The van der Waals surface area contributed by atoms with Crippen LogP contribution in [-0.2, 0) is 0 Å². The zero-order valence-corrected chi connectivity index (χ0v) is 16.1. The van der Waals surface area contributed by atoms with Crippen LogP contribution in [0.2, 0.25) is 5.02 Å². The molecule has 2 N–H and O–H groups in total. The summed E-state index contributed by atoms with van der Waals surface area (Å²) in [5.41, 5.74) is 4.60. The zero-order valence-electron chi connectivity index (χ0n) is 15.4. The number of aryl methyl sites for hydroxylation is 2. The van der Waals surface area contributed by atoms with E-state index in [0.717, 1.165) is 16.8 Å². The molecule has 0 saturated heterocycles. The summed E-state index contributed by atoms with van der Waals surface area (Å²) in [7, 11) is 0. The quantitative estimate of drug-likeness (QED) is 0.644. The van der Waals surface area contributed by atoms with Crippen molar-refractivity contribution in [1.82, 2.24) is 4.98 Å². The van der Waals surface area contributed by atoms with Gasteiger partial charge in [-0.05, 0) is 49.2 Å². The standard InChI is InChI=1S/C21H18ClN3O3/c1-12-5-13(2)20(17(22)6-12)24-16-7-14(9-23-10-16)21(26)25-15-3-4-18-19(8-15)28-11-27-18/h3-10,24H,11H2,1-2H3,(H,25,26). The SMILES string of the molecule is Cc1cc(C)c(Nc2cncc(C(=O)Nc3ccc4c(c3)OCO4)c2)c(Cl)c1. The minimum absolute atomic E-state index is 0.186. The lowest BCUT2D eigenvalue weighted by Crippen LogP contribution is -2.12. The lowest BCUT2D eigenvalue weighted by Gasteiger charge is -2.13. The fourth-order valence-electron chi connectivity index (χ4n) is 3.03. The number of fused-ring (bicyclic) bond motifs is 1. The minimum atomic E-state index is -0.276. The van der Waals surface area contributed by atoms with Crippen molar-refractivity contribution in [3.05, 3.63) is 70.5 Å². The molecule has 0 aliphatic carbocycles. The van der Waals surface area contributed by atoms with Gasteiger partial charge >= 0.3 is 0 Å². The number of carbonyl (C=O) groups is 1. The first kappa shape index (κ1) is 18.1. The molecule has 0 saturated carbocycles. The third-order valence-corrected chi connectivity index (χ3v) is 4.63. The second kappa shape index (κ2) is 7.40. The summed E-state index contributed by atoms with van der Waals surface area (Å²) in [4.78, 5) is 16.8. The molecule has 142 valence electrons. The lowest BCUT2D eigenvalue weighted by molar-refractivity contribution is 0.102. The summed E-state index contributed by atoms with van der Waals surface area (Å²) in [5.74, 6) is 0.994. The Balaban J connectivity index is 1.53. The number of halogens is 1. The summed E-state index contributed by atoms with van der Waals surface area (Å²) in [6, 6.07) is 10.9. The molecule has 1 aliphatic heterocycles. The number of benzene rings is 2. The average molecular weight is 396 g/mol. The number of nitrogens with zero attached hydrogens (tertiary/aromatic N) is 1. The Morgan fingerprint density at radius 1 is 1.04 bits per heavy atom. The Hall–Kier alpha value is -3.25.